The topological polar surface area (TPSA) is 37.3 Å². The van der Waals surface area contributed by atoms with Gasteiger partial charge in [-0.25, -0.2) is 0 Å². The molecule has 0 saturated heterocycles. The molecule has 4 rings (SSSR count). The molecule has 0 bridgehead atoms. The van der Waals surface area contributed by atoms with E-state index in [1.54, 1.807) is 0 Å². The summed E-state index contributed by atoms with van der Waals surface area (Å²) >= 11 is 0. The summed E-state index contributed by atoms with van der Waals surface area (Å²) in [6, 6.07) is 0. The molecule has 0 aromatic rings. The van der Waals surface area contributed by atoms with Gasteiger partial charge >= 0.3 is 0 Å². The molecule has 8 atom stereocenters. The Morgan fingerprint density at radius 3 is 2.60 bits per heavy atom. The molecule has 2 heteroatoms. The maximum Gasteiger partial charge on any atom is 0.155 e. The Labute approximate surface area is 184 Å². The maximum absolute atomic E-state index is 12.1. The molecule has 0 aromatic heterocycles. The molecule has 3 saturated carbocycles. The molecule has 0 spiro atoms. The zero-order valence-electron chi connectivity index (χ0n) is 20.0. The molecule has 2 nitrogen and oxygen atoms in total. The lowest BCUT2D eigenvalue weighted by Crippen LogP contribution is -2.54. The highest BCUT2D eigenvalue weighted by molar-refractivity contribution is 5.91. The Kier molecular flexibility index (Phi) is 5.88. The first-order chi connectivity index (χ1) is 14.1. The van der Waals surface area contributed by atoms with Gasteiger partial charge in [0.1, 0.15) is 0 Å². The third-order valence-corrected chi connectivity index (χ3v) is 10.5. The fourth-order valence-electron chi connectivity index (χ4n) is 8.48. The van der Waals surface area contributed by atoms with Gasteiger partial charge in [0.15, 0.2) is 5.78 Å². The first kappa shape index (κ1) is 22.3. The van der Waals surface area contributed by atoms with Crippen molar-refractivity contribution in [2.75, 3.05) is 0 Å². The van der Waals surface area contributed by atoms with Gasteiger partial charge in [0.25, 0.3) is 0 Å². The summed E-state index contributed by atoms with van der Waals surface area (Å²) in [6.07, 6.45) is 11.6. The van der Waals surface area contributed by atoms with E-state index in [-0.39, 0.29) is 11.2 Å². The van der Waals surface area contributed by atoms with E-state index in [9.17, 15) is 9.90 Å². The molecule has 168 valence electrons. The fraction of sp³-hybridized carbons (Fsp3) is 0.821. The maximum atomic E-state index is 12.1. The van der Waals surface area contributed by atoms with Gasteiger partial charge in [-0.15, -0.1) is 0 Å². The number of fused-ring (bicyclic) bond motifs is 5. The SMILES string of the molecule is C=C(CC[C@@H](C)[C@H]1CC[C@H]2[C@@H]3C[C@H](O)C4=CC(=O)CC[C@]4(C)[C@H]3CC[C@]12C)C(C)C. The standard InChI is InChI=1S/C28H44O2/c1-17(2)18(3)7-8-19(4)22-9-10-23-21-16-26(30)25-15-20(29)11-13-28(25,6)24(21)12-14-27(22,23)5/h15,17,19,21-24,26,30H,3,7-14,16H2,1-2,4-6H3/t19-,21+,22-,23+,24+,26+,27-,28-/m1/s1. The molecule has 0 unspecified atom stereocenters. The summed E-state index contributed by atoms with van der Waals surface area (Å²) in [5.41, 5.74) is 2.93. The van der Waals surface area contributed by atoms with Gasteiger partial charge in [-0.1, -0.05) is 46.8 Å². The van der Waals surface area contributed by atoms with Crippen molar-refractivity contribution in [3.8, 4) is 0 Å². The predicted molar refractivity (Wildman–Crippen MR) is 124 cm³/mol. The fourth-order valence-corrected chi connectivity index (χ4v) is 8.48. The van der Waals surface area contributed by atoms with E-state index in [4.69, 9.17) is 0 Å². The minimum Gasteiger partial charge on any atom is -0.389 e. The lowest BCUT2D eigenvalue weighted by Gasteiger charge is -2.59. The van der Waals surface area contributed by atoms with Crippen molar-refractivity contribution in [3.63, 3.8) is 0 Å². The van der Waals surface area contributed by atoms with E-state index >= 15 is 0 Å². The Bertz CT molecular complexity index is 733. The van der Waals surface area contributed by atoms with Gasteiger partial charge in [-0.3, -0.25) is 4.79 Å². The molecule has 0 radical (unpaired) electrons. The average Bonchev–Trinajstić information content (AvgIpc) is 3.04. The van der Waals surface area contributed by atoms with Crippen LogP contribution in [0.25, 0.3) is 0 Å². The summed E-state index contributed by atoms with van der Waals surface area (Å²) in [5.74, 6) is 4.37. The molecule has 0 aliphatic heterocycles. The number of allylic oxidation sites excluding steroid dienone is 1. The van der Waals surface area contributed by atoms with Crippen LogP contribution in [0.5, 0.6) is 0 Å². The van der Waals surface area contributed by atoms with Gasteiger partial charge in [-0.05, 0) is 109 Å². The van der Waals surface area contributed by atoms with Crippen LogP contribution in [0.2, 0.25) is 0 Å². The zero-order valence-corrected chi connectivity index (χ0v) is 20.0. The second-order valence-corrected chi connectivity index (χ2v) is 12.2. The van der Waals surface area contributed by atoms with E-state index < -0.39 is 6.10 Å². The van der Waals surface area contributed by atoms with E-state index in [0.29, 0.717) is 29.6 Å². The lowest BCUT2D eigenvalue weighted by atomic mass is 9.46. The van der Waals surface area contributed by atoms with E-state index in [2.05, 4.69) is 41.2 Å². The Hall–Kier alpha value is -0.890. The number of carbonyl (C=O) groups excluding carboxylic acids is 1. The number of rotatable bonds is 5. The number of hydrogen-bond donors (Lipinski definition) is 1. The minimum absolute atomic E-state index is 0.0380. The van der Waals surface area contributed by atoms with Crippen molar-refractivity contribution in [3.05, 3.63) is 23.8 Å². The molecule has 0 heterocycles. The third-order valence-electron chi connectivity index (χ3n) is 10.5. The Morgan fingerprint density at radius 2 is 1.90 bits per heavy atom. The zero-order chi connectivity index (χ0) is 21.8. The van der Waals surface area contributed by atoms with Crippen molar-refractivity contribution in [1.29, 1.82) is 0 Å². The molecular formula is C28H44O2. The number of hydrogen-bond acceptors (Lipinski definition) is 2. The van der Waals surface area contributed by atoms with Gasteiger partial charge in [-0.2, -0.15) is 0 Å². The largest absolute Gasteiger partial charge is 0.389 e. The third kappa shape index (κ3) is 3.46. The molecule has 4 aliphatic rings. The van der Waals surface area contributed by atoms with E-state index in [1.165, 1.54) is 44.1 Å². The summed E-state index contributed by atoms with van der Waals surface area (Å²) < 4.78 is 0. The molecular weight excluding hydrogens is 368 g/mol. The molecule has 4 aliphatic carbocycles. The average molecular weight is 413 g/mol. The number of aliphatic hydroxyl groups is 1. The summed E-state index contributed by atoms with van der Waals surface area (Å²) in [7, 11) is 0. The molecule has 1 N–H and O–H groups in total. The van der Waals surface area contributed by atoms with E-state index in [1.807, 2.05) is 6.08 Å². The van der Waals surface area contributed by atoms with Crippen LogP contribution >= 0.6 is 0 Å². The van der Waals surface area contributed by atoms with Crippen LogP contribution in [-0.2, 0) is 4.79 Å². The molecule has 30 heavy (non-hydrogen) atoms. The number of aliphatic hydroxyl groups excluding tert-OH is 1. The van der Waals surface area contributed by atoms with Crippen LogP contribution in [0.4, 0.5) is 0 Å². The van der Waals surface area contributed by atoms with Crippen molar-refractivity contribution >= 4 is 5.78 Å². The first-order valence-electron chi connectivity index (χ1n) is 12.7. The number of carbonyl (C=O) groups is 1. The van der Waals surface area contributed by atoms with Crippen molar-refractivity contribution < 1.29 is 9.90 Å². The van der Waals surface area contributed by atoms with Gasteiger partial charge < -0.3 is 5.11 Å². The second kappa shape index (κ2) is 7.91. The van der Waals surface area contributed by atoms with Crippen molar-refractivity contribution in [1.82, 2.24) is 0 Å². The van der Waals surface area contributed by atoms with Gasteiger partial charge in [0.05, 0.1) is 6.10 Å². The Morgan fingerprint density at radius 1 is 1.17 bits per heavy atom. The quantitative estimate of drug-likeness (QED) is 0.508. The smallest absolute Gasteiger partial charge is 0.155 e. The molecule has 3 fully saturated rings. The van der Waals surface area contributed by atoms with Crippen LogP contribution in [0.15, 0.2) is 23.8 Å². The van der Waals surface area contributed by atoms with Crippen LogP contribution in [-0.4, -0.2) is 17.0 Å². The first-order valence-corrected chi connectivity index (χ1v) is 12.7. The second-order valence-electron chi connectivity index (χ2n) is 12.2. The van der Waals surface area contributed by atoms with Crippen LogP contribution in [0.1, 0.15) is 92.4 Å². The highest BCUT2D eigenvalue weighted by Gasteiger charge is 2.60. The highest BCUT2D eigenvalue weighted by Crippen LogP contribution is 2.67. The van der Waals surface area contributed by atoms with Crippen molar-refractivity contribution in [2.24, 2.45) is 46.3 Å². The number of ketones is 1. The van der Waals surface area contributed by atoms with Crippen LogP contribution < -0.4 is 0 Å². The Balaban J connectivity index is 1.53. The highest BCUT2D eigenvalue weighted by atomic mass is 16.3. The molecule has 0 aromatic carbocycles. The molecule has 0 amide bonds. The lowest BCUT2D eigenvalue weighted by molar-refractivity contribution is -0.119. The summed E-state index contributed by atoms with van der Waals surface area (Å²) in [5, 5.41) is 11.1. The van der Waals surface area contributed by atoms with Crippen LogP contribution in [0, 0.1) is 46.3 Å². The predicted octanol–water partition coefficient (Wildman–Crippen LogP) is 6.73. The van der Waals surface area contributed by atoms with Gasteiger partial charge in [0.2, 0.25) is 0 Å². The van der Waals surface area contributed by atoms with Gasteiger partial charge in [0, 0.05) is 6.42 Å². The van der Waals surface area contributed by atoms with Crippen molar-refractivity contribution in [2.45, 2.75) is 98.5 Å². The van der Waals surface area contributed by atoms with Crippen LogP contribution in [0.3, 0.4) is 0 Å². The monoisotopic (exact) mass is 412 g/mol. The summed E-state index contributed by atoms with van der Waals surface area (Å²) in [4.78, 5) is 12.1. The normalized spacial score (nSPS) is 44.2. The van der Waals surface area contributed by atoms with E-state index in [0.717, 1.165) is 36.2 Å². The summed E-state index contributed by atoms with van der Waals surface area (Å²) in [6.45, 7) is 16.3. The minimum atomic E-state index is -0.409.